The number of hydrazine groups is 1. The standard InChI is InChI=1S/C27H29N3O4S/c1-2-5-26(27(31)32)30(35(33)34)29-18-16-28(17-19-29)25-14-11-21(12-15-25)8-9-22-10-13-23-6-3-4-7-24(23)20-22/h3-4,6-7,10-15,20,26H,2,5,16-19H2,1H3,(H,31,32)(H,33,34). The smallest absolute Gasteiger partial charge is 0.323 e. The molecule has 1 fully saturated rings. The number of hydrogen-bond acceptors (Lipinski definition) is 4. The first-order valence-electron chi connectivity index (χ1n) is 11.7. The summed E-state index contributed by atoms with van der Waals surface area (Å²) in [5.41, 5.74) is 2.93. The van der Waals surface area contributed by atoms with Gasteiger partial charge in [0, 0.05) is 43.0 Å². The summed E-state index contributed by atoms with van der Waals surface area (Å²) >= 11 is -2.39. The summed E-state index contributed by atoms with van der Waals surface area (Å²) in [6.45, 7) is 4.03. The highest BCUT2D eigenvalue weighted by Crippen LogP contribution is 2.21. The lowest BCUT2D eigenvalue weighted by molar-refractivity contribution is -0.147. The fraction of sp³-hybridized carbons (Fsp3) is 0.296. The third-order valence-corrected chi connectivity index (χ3v) is 6.95. The number of piperazine rings is 1. The van der Waals surface area contributed by atoms with Crippen LogP contribution in [0, 0.1) is 11.8 Å². The molecule has 0 aromatic heterocycles. The van der Waals surface area contributed by atoms with Crippen LogP contribution in [0.2, 0.25) is 0 Å². The largest absolute Gasteiger partial charge is 0.480 e. The van der Waals surface area contributed by atoms with E-state index in [1.807, 2.05) is 49.4 Å². The predicted molar refractivity (Wildman–Crippen MR) is 139 cm³/mol. The van der Waals surface area contributed by atoms with Crippen molar-refractivity contribution in [2.75, 3.05) is 31.1 Å². The van der Waals surface area contributed by atoms with Gasteiger partial charge in [-0.15, -0.1) is 4.41 Å². The molecule has 1 saturated heterocycles. The van der Waals surface area contributed by atoms with E-state index in [1.54, 1.807) is 5.01 Å². The average Bonchev–Trinajstić information content (AvgIpc) is 2.87. The molecule has 0 radical (unpaired) electrons. The van der Waals surface area contributed by atoms with Crippen molar-refractivity contribution in [2.24, 2.45) is 0 Å². The number of fused-ring (bicyclic) bond motifs is 1. The maximum atomic E-state index is 11.9. The highest BCUT2D eigenvalue weighted by molar-refractivity contribution is 7.76. The van der Waals surface area contributed by atoms with Crippen LogP contribution in [0.1, 0.15) is 30.9 Å². The molecule has 1 aliphatic rings. The minimum atomic E-state index is -2.39. The van der Waals surface area contributed by atoms with Gasteiger partial charge >= 0.3 is 5.97 Å². The number of aliphatic carboxylic acids is 1. The Bertz CT molecular complexity index is 1260. The summed E-state index contributed by atoms with van der Waals surface area (Å²) in [5, 5.41) is 13.6. The molecule has 1 heterocycles. The number of carboxylic acids is 1. The van der Waals surface area contributed by atoms with Crippen LogP contribution in [0.4, 0.5) is 5.69 Å². The molecule has 182 valence electrons. The zero-order valence-corrected chi connectivity index (χ0v) is 20.4. The Kier molecular flexibility index (Phi) is 8.16. The number of anilines is 1. The van der Waals surface area contributed by atoms with Gasteiger partial charge < -0.3 is 10.0 Å². The zero-order valence-electron chi connectivity index (χ0n) is 19.6. The van der Waals surface area contributed by atoms with Gasteiger partial charge in [-0.1, -0.05) is 55.5 Å². The normalized spacial score (nSPS) is 16.0. The van der Waals surface area contributed by atoms with Crippen molar-refractivity contribution < 1.29 is 18.7 Å². The lowest BCUT2D eigenvalue weighted by atomic mass is 10.1. The van der Waals surface area contributed by atoms with Gasteiger partial charge in [0.15, 0.2) is 0 Å². The fourth-order valence-corrected chi connectivity index (χ4v) is 5.10. The van der Waals surface area contributed by atoms with Crippen LogP contribution < -0.4 is 4.90 Å². The molecule has 0 saturated carbocycles. The van der Waals surface area contributed by atoms with Crippen LogP contribution in [0.25, 0.3) is 10.8 Å². The third kappa shape index (κ3) is 6.08. The van der Waals surface area contributed by atoms with Crippen molar-refractivity contribution in [3.63, 3.8) is 0 Å². The maximum Gasteiger partial charge on any atom is 0.323 e. The Morgan fingerprint density at radius 2 is 1.60 bits per heavy atom. The van der Waals surface area contributed by atoms with Crippen molar-refractivity contribution in [3.8, 4) is 11.8 Å². The van der Waals surface area contributed by atoms with Crippen LogP contribution in [0.15, 0.2) is 66.7 Å². The van der Waals surface area contributed by atoms with E-state index in [0.717, 1.165) is 21.2 Å². The summed E-state index contributed by atoms with van der Waals surface area (Å²) in [7, 11) is 0. The number of nitrogens with zero attached hydrogens (tertiary/aromatic N) is 3. The van der Waals surface area contributed by atoms with E-state index in [0.29, 0.717) is 39.0 Å². The van der Waals surface area contributed by atoms with E-state index in [2.05, 4.69) is 41.0 Å². The van der Waals surface area contributed by atoms with Gasteiger partial charge in [-0.25, -0.2) is 9.22 Å². The number of rotatable bonds is 7. The molecule has 0 aliphatic carbocycles. The van der Waals surface area contributed by atoms with Crippen LogP contribution in [-0.4, -0.2) is 61.5 Å². The van der Waals surface area contributed by atoms with Crippen molar-refractivity contribution >= 4 is 33.7 Å². The van der Waals surface area contributed by atoms with Gasteiger partial charge in [0.1, 0.15) is 6.04 Å². The first-order chi connectivity index (χ1) is 17.0. The summed E-state index contributed by atoms with van der Waals surface area (Å²) in [6, 6.07) is 21.4. The molecular weight excluding hydrogens is 462 g/mol. The first kappa shape index (κ1) is 24.9. The van der Waals surface area contributed by atoms with Gasteiger partial charge in [-0.3, -0.25) is 9.35 Å². The molecule has 7 nitrogen and oxygen atoms in total. The monoisotopic (exact) mass is 491 g/mol. The number of benzene rings is 3. The highest BCUT2D eigenvalue weighted by Gasteiger charge is 2.35. The van der Waals surface area contributed by atoms with E-state index >= 15 is 0 Å². The number of hydrogen-bond donors (Lipinski definition) is 2. The van der Waals surface area contributed by atoms with Crippen LogP contribution in [0.3, 0.4) is 0 Å². The Morgan fingerprint density at radius 3 is 2.23 bits per heavy atom. The van der Waals surface area contributed by atoms with Crippen molar-refractivity contribution in [1.29, 1.82) is 0 Å². The van der Waals surface area contributed by atoms with E-state index < -0.39 is 23.3 Å². The van der Waals surface area contributed by atoms with Gasteiger partial charge in [-0.2, -0.15) is 0 Å². The second kappa shape index (κ2) is 11.5. The van der Waals surface area contributed by atoms with Crippen molar-refractivity contribution in [3.05, 3.63) is 77.9 Å². The summed E-state index contributed by atoms with van der Waals surface area (Å²) in [4.78, 5) is 13.8. The van der Waals surface area contributed by atoms with Gasteiger partial charge in [0.2, 0.25) is 11.3 Å². The minimum absolute atomic E-state index is 0.309. The summed E-state index contributed by atoms with van der Waals surface area (Å²) in [6.07, 6.45) is 0.921. The molecule has 8 heteroatoms. The molecule has 0 spiro atoms. The molecule has 0 bridgehead atoms. The van der Waals surface area contributed by atoms with Gasteiger partial charge in [0.25, 0.3) is 0 Å². The summed E-state index contributed by atoms with van der Waals surface area (Å²) < 4.78 is 22.8. The number of carbonyl (C=O) groups is 1. The zero-order chi connectivity index (χ0) is 24.8. The van der Waals surface area contributed by atoms with Crippen molar-refractivity contribution in [1.82, 2.24) is 9.42 Å². The molecule has 1 aliphatic heterocycles. The van der Waals surface area contributed by atoms with Gasteiger partial charge in [-0.05, 0) is 53.6 Å². The molecular formula is C27H29N3O4S. The number of carboxylic acid groups (broad SMARTS) is 1. The SMILES string of the molecule is CCCC(C(=O)O)N(N1CCN(c2ccc(C#Cc3ccc4ccccc4c3)cc2)CC1)S(=O)O. The van der Waals surface area contributed by atoms with Crippen LogP contribution in [-0.2, 0) is 16.1 Å². The second-order valence-electron chi connectivity index (χ2n) is 8.48. The van der Waals surface area contributed by atoms with E-state index in [9.17, 15) is 18.7 Å². The molecule has 2 atom stereocenters. The van der Waals surface area contributed by atoms with Gasteiger partial charge in [0.05, 0.1) is 0 Å². The maximum absolute atomic E-state index is 11.9. The van der Waals surface area contributed by atoms with E-state index in [1.165, 1.54) is 10.8 Å². The Morgan fingerprint density at radius 1 is 0.971 bits per heavy atom. The fourth-order valence-electron chi connectivity index (χ4n) is 4.32. The Hall–Kier alpha value is -3.22. The second-order valence-corrected chi connectivity index (χ2v) is 9.31. The van der Waals surface area contributed by atoms with Crippen LogP contribution in [0.5, 0.6) is 0 Å². The molecule has 2 N–H and O–H groups in total. The molecule has 0 amide bonds. The minimum Gasteiger partial charge on any atom is -0.480 e. The predicted octanol–water partition coefficient (Wildman–Crippen LogP) is 3.97. The quantitative estimate of drug-likeness (QED) is 0.384. The summed E-state index contributed by atoms with van der Waals surface area (Å²) in [5.74, 6) is 5.37. The topological polar surface area (TPSA) is 84.3 Å². The molecule has 35 heavy (non-hydrogen) atoms. The third-order valence-electron chi connectivity index (χ3n) is 6.14. The molecule has 2 unspecified atom stereocenters. The highest BCUT2D eigenvalue weighted by atomic mass is 32.2. The molecule has 4 rings (SSSR count). The van der Waals surface area contributed by atoms with Crippen LogP contribution >= 0.6 is 0 Å². The van der Waals surface area contributed by atoms with Crippen molar-refractivity contribution in [2.45, 2.75) is 25.8 Å². The first-order valence-corrected chi connectivity index (χ1v) is 12.8. The van der Waals surface area contributed by atoms with E-state index in [-0.39, 0.29) is 0 Å². The lowest BCUT2D eigenvalue weighted by Gasteiger charge is -2.41. The average molecular weight is 492 g/mol. The molecule has 3 aromatic carbocycles. The lowest BCUT2D eigenvalue weighted by Crippen LogP contribution is -2.58. The van der Waals surface area contributed by atoms with E-state index in [4.69, 9.17) is 0 Å². The Labute approximate surface area is 208 Å². The molecule has 3 aromatic rings. The Balaban J connectivity index is 1.39.